The lowest BCUT2D eigenvalue weighted by atomic mass is 10.0. The molecule has 0 bridgehead atoms. The van der Waals surface area contributed by atoms with E-state index in [2.05, 4.69) is 41.2 Å². The summed E-state index contributed by atoms with van der Waals surface area (Å²) in [6.07, 6.45) is 2.97. The molecule has 4 nitrogen and oxygen atoms in total. The summed E-state index contributed by atoms with van der Waals surface area (Å²) in [5.74, 6) is 0.545. The van der Waals surface area contributed by atoms with Crippen molar-refractivity contribution in [2.45, 2.75) is 13.8 Å². The predicted octanol–water partition coefficient (Wildman–Crippen LogP) is 3.98. The van der Waals surface area contributed by atoms with Crippen molar-refractivity contribution in [2.24, 2.45) is 0 Å². The number of esters is 1. The molecule has 0 saturated carbocycles. The number of aryl methyl sites for hydroxylation is 2. The Morgan fingerprint density at radius 1 is 0.826 bits per heavy atom. The smallest absolute Gasteiger partial charge is 0.343 e. The van der Waals surface area contributed by atoms with Crippen molar-refractivity contribution in [3.8, 4) is 16.9 Å². The number of hydrogen-bond acceptors (Lipinski definition) is 4. The third kappa shape index (κ3) is 3.61. The highest BCUT2D eigenvalue weighted by atomic mass is 16.5. The molecule has 0 fully saturated rings. The minimum Gasteiger partial charge on any atom is -0.420 e. The molecule has 1 aromatic heterocycles. The third-order valence-corrected chi connectivity index (χ3v) is 3.47. The molecule has 0 radical (unpaired) electrons. The van der Waals surface area contributed by atoms with Gasteiger partial charge in [-0.25, -0.2) is 14.8 Å². The Hall–Kier alpha value is -3.01. The van der Waals surface area contributed by atoms with Gasteiger partial charge in [-0.1, -0.05) is 42.0 Å². The molecule has 4 heteroatoms. The van der Waals surface area contributed by atoms with Crippen LogP contribution in [-0.4, -0.2) is 15.9 Å². The van der Waals surface area contributed by atoms with Crippen LogP contribution in [0.1, 0.15) is 21.7 Å². The number of rotatable bonds is 3. The quantitative estimate of drug-likeness (QED) is 0.687. The van der Waals surface area contributed by atoms with Gasteiger partial charge >= 0.3 is 5.97 Å². The van der Waals surface area contributed by atoms with Gasteiger partial charge in [-0.3, -0.25) is 0 Å². The lowest BCUT2D eigenvalue weighted by Crippen LogP contribution is -2.08. The number of carbonyl (C=O) groups is 1. The number of ether oxygens (including phenoxy) is 1. The molecule has 0 aliphatic rings. The van der Waals surface area contributed by atoms with Crippen LogP contribution < -0.4 is 4.74 Å². The van der Waals surface area contributed by atoms with Gasteiger partial charge in [0.2, 0.25) is 0 Å². The molecular formula is C19H16N2O2. The van der Waals surface area contributed by atoms with Crippen LogP contribution in [0.2, 0.25) is 0 Å². The Morgan fingerprint density at radius 3 is 1.91 bits per heavy atom. The zero-order chi connectivity index (χ0) is 16.2. The molecular weight excluding hydrogens is 288 g/mol. The number of benzene rings is 2. The summed E-state index contributed by atoms with van der Waals surface area (Å²) in [5, 5.41) is 0. The second-order valence-electron chi connectivity index (χ2n) is 5.30. The van der Waals surface area contributed by atoms with Crippen molar-refractivity contribution >= 4 is 5.97 Å². The number of hydrogen-bond donors (Lipinski definition) is 0. The van der Waals surface area contributed by atoms with Crippen LogP contribution in [0.15, 0.2) is 60.9 Å². The van der Waals surface area contributed by atoms with Crippen LogP contribution in [0.4, 0.5) is 0 Å². The van der Waals surface area contributed by atoms with Gasteiger partial charge in [-0.15, -0.1) is 0 Å². The summed E-state index contributed by atoms with van der Waals surface area (Å²) in [7, 11) is 0. The van der Waals surface area contributed by atoms with Crippen LogP contribution in [0, 0.1) is 13.8 Å². The fraction of sp³-hybridized carbons (Fsp3) is 0.105. The lowest BCUT2D eigenvalue weighted by molar-refractivity contribution is 0.0733. The van der Waals surface area contributed by atoms with Gasteiger partial charge < -0.3 is 4.74 Å². The summed E-state index contributed by atoms with van der Waals surface area (Å²) in [6, 6.07) is 15.6. The van der Waals surface area contributed by atoms with Crippen molar-refractivity contribution in [3.63, 3.8) is 0 Å². The molecule has 0 unspecified atom stereocenters. The molecule has 1 heterocycles. The fourth-order valence-electron chi connectivity index (χ4n) is 2.14. The summed E-state index contributed by atoms with van der Waals surface area (Å²) < 4.78 is 5.25. The van der Waals surface area contributed by atoms with Gasteiger partial charge in [0, 0.05) is 0 Å². The minimum absolute atomic E-state index is 0.336. The van der Waals surface area contributed by atoms with Gasteiger partial charge in [-0.05, 0) is 37.1 Å². The first kappa shape index (κ1) is 14.9. The van der Waals surface area contributed by atoms with Gasteiger partial charge in [0.1, 0.15) is 5.82 Å². The van der Waals surface area contributed by atoms with Crippen LogP contribution >= 0.6 is 0 Å². The largest absolute Gasteiger partial charge is 0.420 e. The molecule has 3 rings (SSSR count). The lowest BCUT2D eigenvalue weighted by Gasteiger charge is -2.06. The average molecular weight is 304 g/mol. The Kier molecular flexibility index (Phi) is 4.15. The van der Waals surface area contributed by atoms with E-state index in [1.54, 1.807) is 19.1 Å². The topological polar surface area (TPSA) is 52.1 Å². The van der Waals surface area contributed by atoms with Gasteiger partial charge in [0.15, 0.2) is 5.75 Å². The summed E-state index contributed by atoms with van der Waals surface area (Å²) in [6.45, 7) is 3.83. The Balaban J connectivity index is 1.74. The van der Waals surface area contributed by atoms with E-state index in [9.17, 15) is 4.79 Å². The van der Waals surface area contributed by atoms with Crippen LogP contribution in [0.5, 0.6) is 5.75 Å². The van der Waals surface area contributed by atoms with Gasteiger partial charge in [-0.2, -0.15) is 0 Å². The van der Waals surface area contributed by atoms with E-state index in [1.165, 1.54) is 18.0 Å². The van der Waals surface area contributed by atoms with E-state index in [-0.39, 0.29) is 0 Å². The maximum absolute atomic E-state index is 12.1. The number of nitrogens with zero attached hydrogens (tertiary/aromatic N) is 2. The van der Waals surface area contributed by atoms with Crippen molar-refractivity contribution in [1.29, 1.82) is 0 Å². The minimum atomic E-state index is -0.423. The zero-order valence-electron chi connectivity index (χ0n) is 13.0. The molecule has 23 heavy (non-hydrogen) atoms. The number of aromatic nitrogens is 2. The molecule has 0 atom stereocenters. The normalized spacial score (nSPS) is 10.3. The molecule has 0 aliphatic carbocycles. The molecule has 3 aromatic rings. The SMILES string of the molecule is Cc1ccc(-c2ccc(C(=O)Oc3cnc(C)nc3)cc2)cc1. The Bertz CT molecular complexity index is 807. The van der Waals surface area contributed by atoms with Crippen LogP contribution in [0.3, 0.4) is 0 Å². The fourth-order valence-corrected chi connectivity index (χ4v) is 2.14. The zero-order valence-corrected chi connectivity index (χ0v) is 13.0. The van der Waals surface area contributed by atoms with Crippen molar-refractivity contribution < 1.29 is 9.53 Å². The van der Waals surface area contributed by atoms with E-state index in [1.807, 2.05) is 12.1 Å². The maximum Gasteiger partial charge on any atom is 0.343 e. The summed E-state index contributed by atoms with van der Waals surface area (Å²) in [5.41, 5.74) is 3.87. The van der Waals surface area contributed by atoms with E-state index in [0.29, 0.717) is 17.1 Å². The molecule has 114 valence electrons. The van der Waals surface area contributed by atoms with E-state index >= 15 is 0 Å². The first-order chi connectivity index (χ1) is 11.1. The average Bonchev–Trinajstić information content (AvgIpc) is 2.58. The second-order valence-corrected chi connectivity index (χ2v) is 5.30. The molecule has 0 N–H and O–H groups in total. The molecule has 0 spiro atoms. The van der Waals surface area contributed by atoms with Crippen molar-refractivity contribution in [3.05, 3.63) is 77.9 Å². The maximum atomic E-state index is 12.1. The van der Waals surface area contributed by atoms with E-state index < -0.39 is 5.97 Å². The highest BCUT2D eigenvalue weighted by molar-refractivity contribution is 5.91. The highest BCUT2D eigenvalue weighted by Gasteiger charge is 2.09. The van der Waals surface area contributed by atoms with E-state index in [4.69, 9.17) is 4.74 Å². The van der Waals surface area contributed by atoms with E-state index in [0.717, 1.165) is 11.1 Å². The highest BCUT2D eigenvalue weighted by Crippen LogP contribution is 2.21. The summed E-state index contributed by atoms with van der Waals surface area (Å²) >= 11 is 0. The second kappa shape index (κ2) is 6.40. The predicted molar refractivity (Wildman–Crippen MR) is 88.3 cm³/mol. The Labute approximate surface area is 134 Å². The van der Waals surface area contributed by atoms with Gasteiger partial charge in [0.05, 0.1) is 18.0 Å². The van der Waals surface area contributed by atoms with Crippen LogP contribution in [0.25, 0.3) is 11.1 Å². The van der Waals surface area contributed by atoms with Crippen LogP contribution in [-0.2, 0) is 0 Å². The van der Waals surface area contributed by atoms with Crippen molar-refractivity contribution in [1.82, 2.24) is 9.97 Å². The number of carbonyl (C=O) groups excluding carboxylic acids is 1. The van der Waals surface area contributed by atoms with Gasteiger partial charge in [0.25, 0.3) is 0 Å². The molecule has 0 amide bonds. The molecule has 0 saturated heterocycles. The first-order valence-electron chi connectivity index (χ1n) is 7.30. The molecule has 0 aliphatic heterocycles. The third-order valence-electron chi connectivity index (χ3n) is 3.47. The molecule has 2 aromatic carbocycles. The monoisotopic (exact) mass is 304 g/mol. The first-order valence-corrected chi connectivity index (χ1v) is 7.30. The Morgan fingerprint density at radius 2 is 1.35 bits per heavy atom. The standard InChI is InChI=1S/C19H16N2O2/c1-13-3-5-15(6-4-13)16-7-9-17(10-8-16)19(22)23-18-11-20-14(2)21-12-18/h3-12H,1-2H3. The van der Waals surface area contributed by atoms with Crippen molar-refractivity contribution in [2.75, 3.05) is 0 Å². The summed E-state index contributed by atoms with van der Waals surface area (Å²) in [4.78, 5) is 20.1.